The number of rotatable bonds is 8. The van der Waals surface area contributed by atoms with Gasteiger partial charge in [-0.15, -0.1) is 0 Å². The summed E-state index contributed by atoms with van der Waals surface area (Å²) in [5.74, 6) is -0.670. The maximum atomic E-state index is 13.2. The third-order valence-electron chi connectivity index (χ3n) is 4.58. The average Bonchev–Trinajstić information content (AvgIpc) is 3.27. The highest BCUT2D eigenvalue weighted by Crippen LogP contribution is 2.30. The largest absolute Gasteiger partial charge is 0.465 e. The summed E-state index contributed by atoms with van der Waals surface area (Å²) in [5, 5.41) is 4.69. The highest BCUT2D eigenvalue weighted by Gasteiger charge is 2.43. The Morgan fingerprint density at radius 2 is 1.67 bits per heavy atom. The summed E-state index contributed by atoms with van der Waals surface area (Å²) >= 11 is 5.94. The van der Waals surface area contributed by atoms with Gasteiger partial charge in [-0.05, 0) is 56.2 Å². The summed E-state index contributed by atoms with van der Waals surface area (Å²) in [7, 11) is 0. The molecule has 2 aromatic carbocycles. The average molecular weight is 428 g/mol. The van der Waals surface area contributed by atoms with Crippen molar-refractivity contribution in [3.8, 4) is 16.9 Å². The number of nitrogens with zero attached hydrogens (tertiary/aromatic N) is 3. The molecule has 8 heteroatoms. The van der Waals surface area contributed by atoms with Crippen LogP contribution in [0.1, 0.15) is 27.0 Å². The Kier molecular flexibility index (Phi) is 6.52. The van der Waals surface area contributed by atoms with Crippen LogP contribution in [0.5, 0.6) is 5.75 Å². The second kappa shape index (κ2) is 9.09. The Labute approximate surface area is 179 Å². The zero-order valence-electron chi connectivity index (χ0n) is 16.9. The van der Waals surface area contributed by atoms with Crippen molar-refractivity contribution in [1.82, 2.24) is 14.8 Å². The molecule has 0 saturated carbocycles. The molecule has 3 rings (SSSR count). The van der Waals surface area contributed by atoms with E-state index in [9.17, 15) is 9.59 Å². The van der Waals surface area contributed by atoms with Crippen LogP contribution in [0.15, 0.2) is 61.2 Å². The monoisotopic (exact) mass is 427 g/mol. The second-order valence-electron chi connectivity index (χ2n) is 7.09. The minimum absolute atomic E-state index is 0.177. The summed E-state index contributed by atoms with van der Waals surface area (Å²) in [6.45, 7) is 4.87. The van der Waals surface area contributed by atoms with Gasteiger partial charge < -0.3 is 9.47 Å². The molecule has 0 aliphatic heterocycles. The van der Waals surface area contributed by atoms with Crippen LogP contribution in [-0.4, -0.2) is 33.1 Å². The fourth-order valence-corrected chi connectivity index (χ4v) is 2.91. The van der Waals surface area contributed by atoms with Crippen LogP contribution >= 0.6 is 11.6 Å². The first-order chi connectivity index (χ1) is 14.3. The van der Waals surface area contributed by atoms with E-state index in [1.165, 1.54) is 31.2 Å². The van der Waals surface area contributed by atoms with Gasteiger partial charge in [-0.2, -0.15) is 5.10 Å². The van der Waals surface area contributed by atoms with Crippen LogP contribution < -0.4 is 4.74 Å². The van der Waals surface area contributed by atoms with E-state index in [1.807, 2.05) is 36.4 Å². The van der Waals surface area contributed by atoms with Crippen molar-refractivity contribution in [2.75, 3.05) is 6.61 Å². The smallest absolute Gasteiger partial charge is 0.319 e. The van der Waals surface area contributed by atoms with Gasteiger partial charge in [0.05, 0.1) is 6.61 Å². The molecule has 3 aromatic rings. The van der Waals surface area contributed by atoms with Gasteiger partial charge in [0.1, 0.15) is 23.8 Å². The van der Waals surface area contributed by atoms with Gasteiger partial charge in [-0.25, -0.2) is 9.67 Å². The van der Waals surface area contributed by atoms with Crippen LogP contribution in [0.2, 0.25) is 5.02 Å². The molecule has 7 nitrogen and oxygen atoms in total. The lowest BCUT2D eigenvalue weighted by molar-refractivity contribution is -0.162. The standard InChI is InChI=1S/C22H22ClN3O4/c1-4-29-21(28)22(2,3)19(27)20(26-14-24-13-25-26)30-18-11-7-16(8-12-18)15-5-9-17(23)10-6-15/h5-14,20H,4H2,1-3H3. The van der Waals surface area contributed by atoms with Crippen molar-refractivity contribution in [1.29, 1.82) is 0 Å². The molecule has 0 radical (unpaired) electrons. The topological polar surface area (TPSA) is 83.3 Å². The Bertz CT molecular complexity index is 1000. The van der Waals surface area contributed by atoms with E-state index in [2.05, 4.69) is 10.1 Å². The number of Topliss-reactive ketones (excluding diaryl/α,β-unsaturated/α-hetero) is 1. The van der Waals surface area contributed by atoms with Gasteiger partial charge in [0.25, 0.3) is 6.23 Å². The molecule has 0 fully saturated rings. The molecule has 0 aliphatic rings. The van der Waals surface area contributed by atoms with E-state index >= 15 is 0 Å². The number of ether oxygens (including phenoxy) is 2. The number of carbonyl (C=O) groups excluding carboxylic acids is 2. The molecular formula is C22H22ClN3O4. The quantitative estimate of drug-likeness (QED) is 0.393. The van der Waals surface area contributed by atoms with E-state index in [1.54, 1.807) is 19.1 Å². The first-order valence-corrected chi connectivity index (χ1v) is 9.79. The summed E-state index contributed by atoms with van der Waals surface area (Å²) in [6, 6.07) is 14.7. The van der Waals surface area contributed by atoms with Crippen molar-refractivity contribution in [2.45, 2.75) is 27.0 Å². The van der Waals surface area contributed by atoms with Crippen molar-refractivity contribution in [2.24, 2.45) is 5.41 Å². The molecule has 0 amide bonds. The van der Waals surface area contributed by atoms with Crippen LogP contribution in [-0.2, 0) is 14.3 Å². The number of benzene rings is 2. The molecular weight excluding hydrogens is 406 g/mol. The van der Waals surface area contributed by atoms with Gasteiger partial charge in [-0.3, -0.25) is 9.59 Å². The highest BCUT2D eigenvalue weighted by atomic mass is 35.5. The van der Waals surface area contributed by atoms with Crippen molar-refractivity contribution >= 4 is 23.4 Å². The summed E-state index contributed by atoms with van der Waals surface area (Å²) in [5.41, 5.74) is 0.545. The molecule has 0 aliphatic carbocycles. The lowest BCUT2D eigenvalue weighted by atomic mass is 9.87. The predicted octanol–water partition coefficient (Wildman–Crippen LogP) is 4.33. The molecule has 1 aromatic heterocycles. The van der Waals surface area contributed by atoms with Gasteiger partial charge in [-0.1, -0.05) is 35.9 Å². The van der Waals surface area contributed by atoms with E-state index in [0.29, 0.717) is 10.8 Å². The van der Waals surface area contributed by atoms with Gasteiger partial charge in [0, 0.05) is 5.02 Å². The molecule has 156 valence electrons. The zero-order valence-corrected chi connectivity index (χ0v) is 17.7. The maximum absolute atomic E-state index is 13.2. The predicted molar refractivity (Wildman–Crippen MR) is 112 cm³/mol. The first kappa shape index (κ1) is 21.5. The Balaban J connectivity index is 1.85. The Morgan fingerprint density at radius 3 is 2.20 bits per heavy atom. The normalized spacial score (nSPS) is 12.3. The first-order valence-electron chi connectivity index (χ1n) is 9.41. The number of ketones is 1. The maximum Gasteiger partial charge on any atom is 0.319 e. The zero-order chi connectivity index (χ0) is 21.7. The summed E-state index contributed by atoms with van der Waals surface area (Å²) < 4.78 is 12.3. The number of hydrogen-bond acceptors (Lipinski definition) is 6. The fraction of sp³-hybridized carbons (Fsp3) is 0.273. The minimum Gasteiger partial charge on any atom is -0.465 e. The molecule has 0 spiro atoms. The van der Waals surface area contributed by atoms with Crippen LogP contribution in [0, 0.1) is 5.41 Å². The van der Waals surface area contributed by atoms with Gasteiger partial charge in [0.15, 0.2) is 0 Å². The number of aromatic nitrogens is 3. The van der Waals surface area contributed by atoms with E-state index in [4.69, 9.17) is 21.1 Å². The molecule has 30 heavy (non-hydrogen) atoms. The van der Waals surface area contributed by atoms with Crippen molar-refractivity contribution < 1.29 is 19.1 Å². The number of hydrogen-bond donors (Lipinski definition) is 0. The Hall–Kier alpha value is -3.19. The number of esters is 1. The Morgan fingerprint density at radius 1 is 1.07 bits per heavy atom. The number of halogens is 1. The van der Waals surface area contributed by atoms with Crippen LogP contribution in [0.4, 0.5) is 0 Å². The molecule has 0 N–H and O–H groups in total. The molecule has 0 bridgehead atoms. The van der Waals surface area contributed by atoms with E-state index in [-0.39, 0.29) is 6.61 Å². The lowest BCUT2D eigenvalue weighted by Crippen LogP contribution is -2.42. The van der Waals surface area contributed by atoms with E-state index in [0.717, 1.165) is 11.1 Å². The third kappa shape index (κ3) is 4.68. The summed E-state index contributed by atoms with van der Waals surface area (Å²) in [6.07, 6.45) is 1.49. The molecule has 0 saturated heterocycles. The van der Waals surface area contributed by atoms with Crippen LogP contribution in [0.25, 0.3) is 11.1 Å². The third-order valence-corrected chi connectivity index (χ3v) is 4.83. The molecule has 1 atom stereocenters. The summed E-state index contributed by atoms with van der Waals surface area (Å²) in [4.78, 5) is 29.4. The van der Waals surface area contributed by atoms with Gasteiger partial charge >= 0.3 is 5.97 Å². The van der Waals surface area contributed by atoms with Crippen molar-refractivity contribution in [3.63, 3.8) is 0 Å². The highest BCUT2D eigenvalue weighted by molar-refractivity contribution is 6.30. The molecule has 1 heterocycles. The van der Waals surface area contributed by atoms with E-state index < -0.39 is 23.4 Å². The lowest BCUT2D eigenvalue weighted by Gasteiger charge is -2.26. The SMILES string of the molecule is CCOC(=O)C(C)(C)C(=O)C(Oc1ccc(-c2ccc(Cl)cc2)cc1)n1cncn1. The fourth-order valence-electron chi connectivity index (χ4n) is 2.78. The van der Waals surface area contributed by atoms with Gasteiger partial charge in [0.2, 0.25) is 5.78 Å². The number of carbonyl (C=O) groups is 2. The second-order valence-corrected chi connectivity index (χ2v) is 7.52. The minimum atomic E-state index is -1.42. The van der Waals surface area contributed by atoms with Crippen LogP contribution in [0.3, 0.4) is 0 Å². The molecule has 1 unspecified atom stereocenters. The van der Waals surface area contributed by atoms with Crippen molar-refractivity contribution in [3.05, 3.63) is 66.2 Å².